The molecule has 1 aliphatic rings. The molecule has 1 saturated heterocycles. The van der Waals surface area contributed by atoms with Gasteiger partial charge in [-0.15, -0.1) is 11.8 Å². The van der Waals surface area contributed by atoms with E-state index in [2.05, 4.69) is 39.2 Å². The third-order valence-electron chi connectivity index (χ3n) is 5.71. The molecule has 4 aromatic rings. The Hall–Kier alpha value is -2.72. The lowest BCUT2D eigenvalue weighted by molar-refractivity contribution is -0.118. The smallest absolute Gasteiger partial charge is 0.314 e. The van der Waals surface area contributed by atoms with Crippen LogP contribution in [0.5, 0.6) is 6.01 Å². The van der Waals surface area contributed by atoms with Crippen LogP contribution in [0.1, 0.15) is 0 Å². The zero-order chi connectivity index (χ0) is 23.9. The molecule has 0 aliphatic carbocycles. The van der Waals surface area contributed by atoms with Crippen LogP contribution in [0.3, 0.4) is 0 Å². The number of hydrogen-bond acceptors (Lipinski definition) is 6. The van der Waals surface area contributed by atoms with Gasteiger partial charge in [0.25, 0.3) is 6.01 Å². The van der Waals surface area contributed by atoms with Gasteiger partial charge in [-0.25, -0.2) is 4.98 Å². The van der Waals surface area contributed by atoms with Crippen LogP contribution in [-0.4, -0.2) is 57.7 Å². The number of aliphatic hydroxyl groups is 1. The van der Waals surface area contributed by atoms with Crippen LogP contribution in [0.2, 0.25) is 5.02 Å². The molecule has 5 rings (SSSR count). The van der Waals surface area contributed by atoms with E-state index in [9.17, 15) is 8.78 Å². The van der Waals surface area contributed by atoms with Crippen molar-refractivity contribution >= 4 is 34.5 Å². The Morgan fingerprint density at radius 2 is 1.76 bits per heavy atom. The maximum Gasteiger partial charge on any atom is 0.314 e. The fraction of sp³-hybridized carbons (Fsp3) is 0.250. The number of thioether (sulfide) groups is 1. The van der Waals surface area contributed by atoms with Crippen molar-refractivity contribution < 1.29 is 23.4 Å². The Balaban J connectivity index is 1.39. The second-order valence-electron chi connectivity index (χ2n) is 7.82. The molecule has 2 aromatic heterocycles. The predicted molar refractivity (Wildman–Crippen MR) is 128 cm³/mol. The van der Waals surface area contributed by atoms with E-state index in [1.165, 1.54) is 4.90 Å². The fourth-order valence-electron chi connectivity index (χ4n) is 3.81. The molecule has 176 valence electrons. The second kappa shape index (κ2) is 9.14. The van der Waals surface area contributed by atoms with Crippen molar-refractivity contribution in [3.63, 3.8) is 0 Å². The average Bonchev–Trinajstić information content (AvgIpc) is 3.37. The summed E-state index contributed by atoms with van der Waals surface area (Å²) in [6.07, 6.45) is -1.14. The number of alkyl halides is 2. The number of ether oxygens (including phenoxy) is 2. The lowest BCUT2D eigenvalue weighted by atomic mass is 10.0. The first kappa shape index (κ1) is 23.0. The number of aromatic amines is 1. The van der Waals surface area contributed by atoms with Gasteiger partial charge >= 0.3 is 5.92 Å². The minimum Gasteiger partial charge on any atom is -0.452 e. The molecule has 0 bridgehead atoms. The summed E-state index contributed by atoms with van der Waals surface area (Å²) in [4.78, 5) is 12.7. The summed E-state index contributed by atoms with van der Waals surface area (Å²) < 4.78 is 38.8. The van der Waals surface area contributed by atoms with Gasteiger partial charge in [-0.1, -0.05) is 48.0 Å². The van der Waals surface area contributed by atoms with Crippen molar-refractivity contribution in [2.24, 2.45) is 0 Å². The molecular weight excluding hydrogens is 484 g/mol. The summed E-state index contributed by atoms with van der Waals surface area (Å²) in [6.45, 7) is -1.16. The lowest BCUT2D eigenvalue weighted by Crippen LogP contribution is -2.43. The number of imidazole rings is 1. The zero-order valence-electron chi connectivity index (χ0n) is 18.0. The van der Waals surface area contributed by atoms with E-state index < -0.39 is 24.7 Å². The highest BCUT2D eigenvalue weighted by molar-refractivity contribution is 7.98. The molecule has 1 fully saturated rings. The second-order valence-corrected chi connectivity index (χ2v) is 9.11. The average molecular weight is 504 g/mol. The van der Waals surface area contributed by atoms with E-state index in [0.717, 1.165) is 16.7 Å². The summed E-state index contributed by atoms with van der Waals surface area (Å²) in [6, 6.07) is 17.6. The maximum atomic E-state index is 14.3. The summed E-state index contributed by atoms with van der Waals surface area (Å²) in [5, 5.41) is 9.45. The molecule has 10 heteroatoms. The van der Waals surface area contributed by atoms with Crippen molar-refractivity contribution in [3.05, 3.63) is 59.6 Å². The molecule has 0 radical (unpaired) electrons. The molecule has 6 nitrogen and oxygen atoms in total. The number of nitrogens with one attached hydrogen (secondary N) is 1. The Morgan fingerprint density at radius 3 is 2.38 bits per heavy atom. The van der Waals surface area contributed by atoms with Crippen LogP contribution >= 0.6 is 23.4 Å². The number of benzene rings is 2. The van der Waals surface area contributed by atoms with Crippen molar-refractivity contribution in [1.82, 2.24) is 15.0 Å². The van der Waals surface area contributed by atoms with Crippen molar-refractivity contribution in [2.45, 2.75) is 23.0 Å². The van der Waals surface area contributed by atoms with E-state index in [1.807, 2.05) is 30.5 Å². The van der Waals surface area contributed by atoms with Crippen molar-refractivity contribution in [1.29, 1.82) is 0 Å². The molecule has 0 unspecified atom stereocenters. The number of pyridine rings is 1. The fourth-order valence-corrected chi connectivity index (χ4v) is 4.48. The number of nitrogens with zero attached hydrogens (tertiary/aromatic N) is 2. The molecular formula is C24H20ClF2N3O3S. The van der Waals surface area contributed by atoms with E-state index in [0.29, 0.717) is 16.2 Å². The van der Waals surface area contributed by atoms with E-state index in [1.54, 1.807) is 17.8 Å². The maximum absolute atomic E-state index is 14.3. The van der Waals surface area contributed by atoms with Gasteiger partial charge in [0.1, 0.15) is 6.10 Å². The molecule has 0 amide bonds. The van der Waals surface area contributed by atoms with Crippen LogP contribution in [0, 0.1) is 0 Å². The van der Waals surface area contributed by atoms with Crippen LogP contribution < -0.4 is 4.74 Å². The summed E-state index contributed by atoms with van der Waals surface area (Å²) in [7, 11) is 0. The Bertz CT molecular complexity index is 1320. The van der Waals surface area contributed by atoms with Crippen molar-refractivity contribution in [3.8, 4) is 28.4 Å². The molecule has 2 atom stereocenters. The molecule has 1 aliphatic heterocycles. The van der Waals surface area contributed by atoms with E-state index >= 15 is 0 Å². The third-order valence-corrected chi connectivity index (χ3v) is 6.75. The number of fused-ring (bicyclic) bond motifs is 1. The number of aromatic nitrogens is 3. The zero-order valence-corrected chi connectivity index (χ0v) is 19.5. The quantitative estimate of drug-likeness (QED) is 0.341. The molecule has 34 heavy (non-hydrogen) atoms. The van der Waals surface area contributed by atoms with Gasteiger partial charge in [0, 0.05) is 10.5 Å². The highest BCUT2D eigenvalue weighted by atomic mass is 35.5. The van der Waals surface area contributed by atoms with Crippen LogP contribution in [0.4, 0.5) is 8.78 Å². The topological polar surface area (TPSA) is 80.3 Å². The number of halogens is 3. The minimum atomic E-state index is -3.35. The number of rotatable bonds is 6. The van der Waals surface area contributed by atoms with Crippen molar-refractivity contribution in [2.75, 3.05) is 19.5 Å². The molecule has 0 spiro atoms. The van der Waals surface area contributed by atoms with Gasteiger partial charge in [-0.2, -0.15) is 13.8 Å². The standard InChI is InChI=1S/C24H20ClF2N3O3S/c1-34-16-8-6-14(7-9-16)13-2-4-15(5-3-13)21-17(25)10-18-22(29-21)30-23(28-18)33-20-12-32-19(11-31)24(20,26)27/h2-10,19-20,31H,11-12H2,1H3,(H,28,29,30)/t19-,20-/m1/s1. The van der Waals surface area contributed by atoms with Gasteiger partial charge in [-0.05, 0) is 35.6 Å². The van der Waals surface area contributed by atoms with Crippen LogP contribution in [0.15, 0.2) is 59.5 Å². The van der Waals surface area contributed by atoms with Gasteiger partial charge in [0.15, 0.2) is 11.8 Å². The van der Waals surface area contributed by atoms with Gasteiger partial charge in [-0.3, -0.25) is 0 Å². The molecule has 3 heterocycles. The summed E-state index contributed by atoms with van der Waals surface area (Å²) >= 11 is 8.16. The predicted octanol–water partition coefficient (Wildman–Crippen LogP) is 5.44. The summed E-state index contributed by atoms with van der Waals surface area (Å²) in [5.74, 6) is -3.35. The number of aliphatic hydroxyl groups excluding tert-OH is 1. The minimum absolute atomic E-state index is 0.119. The third kappa shape index (κ3) is 4.24. The van der Waals surface area contributed by atoms with Gasteiger partial charge in [0.2, 0.25) is 0 Å². The SMILES string of the molecule is CSc1ccc(-c2ccc(-c3nc4nc(O[C@@H]5CO[C@H](CO)C5(F)F)[nH]c4cc3Cl)cc2)cc1. The van der Waals surface area contributed by atoms with E-state index in [-0.39, 0.29) is 18.3 Å². The van der Waals surface area contributed by atoms with Crippen LogP contribution in [0.25, 0.3) is 33.5 Å². The van der Waals surface area contributed by atoms with Gasteiger partial charge < -0.3 is 19.6 Å². The number of H-pyrrole nitrogens is 1. The number of hydrogen-bond donors (Lipinski definition) is 2. The largest absolute Gasteiger partial charge is 0.452 e. The first-order valence-electron chi connectivity index (χ1n) is 10.5. The Kier molecular flexibility index (Phi) is 6.20. The Labute approximate surface area is 203 Å². The lowest BCUT2D eigenvalue weighted by Gasteiger charge is -2.20. The monoisotopic (exact) mass is 503 g/mol. The van der Waals surface area contributed by atoms with Gasteiger partial charge in [0.05, 0.1) is 29.4 Å². The first-order chi connectivity index (χ1) is 16.4. The highest BCUT2D eigenvalue weighted by Gasteiger charge is 2.55. The van der Waals surface area contributed by atoms with E-state index in [4.69, 9.17) is 26.2 Å². The highest BCUT2D eigenvalue weighted by Crippen LogP contribution is 2.35. The molecule has 2 N–H and O–H groups in total. The van der Waals surface area contributed by atoms with Crippen LogP contribution in [-0.2, 0) is 4.74 Å². The summed E-state index contributed by atoms with van der Waals surface area (Å²) in [5.41, 5.74) is 4.21. The first-order valence-corrected chi connectivity index (χ1v) is 12.1. The Morgan fingerprint density at radius 1 is 1.12 bits per heavy atom. The molecule has 2 aromatic carbocycles. The normalized spacial score (nSPS) is 19.6. The molecule has 0 saturated carbocycles.